The van der Waals surface area contributed by atoms with Gasteiger partial charge < -0.3 is 0 Å². The van der Waals surface area contributed by atoms with Gasteiger partial charge in [-0.05, 0) is 25.3 Å². The summed E-state index contributed by atoms with van der Waals surface area (Å²) in [6.45, 7) is 5.36. The van der Waals surface area contributed by atoms with Crippen LogP contribution in [-0.4, -0.2) is 50.2 Å². The maximum absolute atomic E-state index is 13.1. The Kier molecular flexibility index (Phi) is 5.55. The normalized spacial score (nSPS) is 20.3. The van der Waals surface area contributed by atoms with Gasteiger partial charge in [-0.3, -0.25) is 10.1 Å². The number of rotatable bonds is 6. The van der Waals surface area contributed by atoms with Gasteiger partial charge in [0.25, 0.3) is 5.69 Å². The van der Waals surface area contributed by atoms with Crippen molar-refractivity contribution in [1.82, 2.24) is 4.31 Å². The highest BCUT2D eigenvalue weighted by molar-refractivity contribution is 7.92. The van der Waals surface area contributed by atoms with Crippen molar-refractivity contribution in [2.45, 2.75) is 38.1 Å². The molecule has 0 aliphatic carbocycles. The lowest BCUT2D eigenvalue weighted by Crippen LogP contribution is -2.43. The van der Waals surface area contributed by atoms with E-state index >= 15 is 0 Å². The summed E-state index contributed by atoms with van der Waals surface area (Å²) in [5.41, 5.74) is 0.0902. The Morgan fingerprint density at radius 2 is 2.00 bits per heavy atom. The summed E-state index contributed by atoms with van der Waals surface area (Å²) in [4.78, 5) is 10.3. The monoisotopic (exact) mass is 390 g/mol. The van der Waals surface area contributed by atoms with Crippen LogP contribution in [0.25, 0.3) is 0 Å². The molecule has 8 nitrogen and oxygen atoms in total. The summed E-state index contributed by atoms with van der Waals surface area (Å²) in [5, 5.41) is 11.1. The van der Waals surface area contributed by atoms with Crippen molar-refractivity contribution >= 4 is 25.5 Å². The summed E-state index contributed by atoms with van der Waals surface area (Å²) in [5.74, 6) is -0.276. The predicted molar refractivity (Wildman–Crippen MR) is 93.6 cm³/mol. The maximum atomic E-state index is 13.1. The highest BCUT2D eigenvalue weighted by atomic mass is 32.2. The van der Waals surface area contributed by atoms with E-state index < -0.39 is 30.8 Å². The molecule has 1 fully saturated rings. The van der Waals surface area contributed by atoms with Crippen molar-refractivity contribution in [3.63, 3.8) is 0 Å². The van der Waals surface area contributed by atoms with Gasteiger partial charge in [-0.2, -0.15) is 4.31 Å². The lowest BCUT2D eigenvalue weighted by molar-refractivity contribution is -0.385. The molecule has 0 spiro atoms. The molecular weight excluding hydrogens is 368 g/mol. The molecule has 0 bridgehead atoms. The van der Waals surface area contributed by atoms with Gasteiger partial charge in [-0.15, -0.1) is 0 Å². The van der Waals surface area contributed by atoms with Crippen molar-refractivity contribution in [3.05, 3.63) is 33.9 Å². The summed E-state index contributed by atoms with van der Waals surface area (Å²) in [7, 11) is -7.30. The Bertz CT molecular complexity index is 877. The molecule has 0 aromatic heterocycles. The molecule has 2 rings (SSSR count). The van der Waals surface area contributed by atoms with Gasteiger partial charge in [-0.1, -0.05) is 19.9 Å². The summed E-state index contributed by atoms with van der Waals surface area (Å²) < 4.78 is 50.9. The molecule has 140 valence electrons. The Labute approximate surface area is 148 Å². The number of aryl methyl sites for hydroxylation is 1. The SMILES string of the molecule is Cc1ccc(S(=O)(=O)N(CC(C)C)C2CCS(=O)(=O)C2)cc1[N+](=O)[O-]. The molecule has 1 aromatic carbocycles. The largest absolute Gasteiger partial charge is 0.273 e. The molecule has 1 saturated heterocycles. The summed E-state index contributed by atoms with van der Waals surface area (Å²) >= 11 is 0. The fourth-order valence-electron chi connectivity index (χ4n) is 2.89. The molecule has 1 aliphatic rings. The van der Waals surface area contributed by atoms with E-state index in [-0.39, 0.29) is 41.0 Å². The fourth-order valence-corrected chi connectivity index (χ4v) is 6.55. The van der Waals surface area contributed by atoms with Gasteiger partial charge in [-0.25, -0.2) is 16.8 Å². The molecular formula is C15H22N2O6S2. The van der Waals surface area contributed by atoms with Crippen molar-refractivity contribution < 1.29 is 21.8 Å². The number of sulfone groups is 1. The van der Waals surface area contributed by atoms with E-state index in [0.717, 1.165) is 6.07 Å². The Hall–Kier alpha value is -1.52. The van der Waals surface area contributed by atoms with Crippen molar-refractivity contribution in [1.29, 1.82) is 0 Å². The van der Waals surface area contributed by atoms with Gasteiger partial charge in [0.2, 0.25) is 10.0 Å². The third-order valence-corrected chi connectivity index (χ3v) is 7.81. The first-order valence-electron chi connectivity index (χ1n) is 7.91. The minimum absolute atomic E-state index is 0.0153. The lowest BCUT2D eigenvalue weighted by atomic mass is 10.2. The fraction of sp³-hybridized carbons (Fsp3) is 0.600. The van der Waals surface area contributed by atoms with Crippen LogP contribution in [0.4, 0.5) is 5.69 Å². The first-order valence-corrected chi connectivity index (χ1v) is 11.2. The molecule has 1 atom stereocenters. The second-order valence-corrected chi connectivity index (χ2v) is 10.9. The van der Waals surface area contributed by atoms with Gasteiger partial charge in [0, 0.05) is 24.2 Å². The number of nitro groups is 1. The van der Waals surface area contributed by atoms with Gasteiger partial charge in [0.1, 0.15) is 0 Å². The van der Waals surface area contributed by atoms with E-state index in [1.165, 1.54) is 23.4 Å². The standard InChI is InChI=1S/C15H22N2O6S2/c1-11(2)9-16(13-6-7-24(20,21)10-13)25(22,23)14-5-4-12(3)15(8-14)17(18)19/h4-5,8,11,13H,6-7,9-10H2,1-3H3. The van der Waals surface area contributed by atoms with Crippen molar-refractivity contribution in [3.8, 4) is 0 Å². The zero-order valence-corrected chi connectivity index (χ0v) is 16.0. The maximum Gasteiger partial charge on any atom is 0.273 e. The van der Waals surface area contributed by atoms with Gasteiger partial charge in [0.05, 0.1) is 21.3 Å². The van der Waals surface area contributed by atoms with Crippen LogP contribution in [0.3, 0.4) is 0 Å². The van der Waals surface area contributed by atoms with Gasteiger partial charge in [0.15, 0.2) is 9.84 Å². The van der Waals surface area contributed by atoms with Crippen LogP contribution in [-0.2, 0) is 19.9 Å². The number of benzene rings is 1. The number of hydrogen-bond donors (Lipinski definition) is 0. The Morgan fingerprint density at radius 3 is 2.48 bits per heavy atom. The van der Waals surface area contributed by atoms with E-state index in [1.807, 2.05) is 13.8 Å². The van der Waals surface area contributed by atoms with Crippen LogP contribution in [0.15, 0.2) is 23.1 Å². The highest BCUT2D eigenvalue weighted by Gasteiger charge is 2.39. The third kappa shape index (κ3) is 4.36. The molecule has 1 aliphatic heterocycles. The van der Waals surface area contributed by atoms with Gasteiger partial charge >= 0.3 is 0 Å². The van der Waals surface area contributed by atoms with Crippen LogP contribution in [0, 0.1) is 23.0 Å². The highest BCUT2D eigenvalue weighted by Crippen LogP contribution is 2.29. The minimum Gasteiger partial charge on any atom is -0.258 e. The molecule has 1 unspecified atom stereocenters. The lowest BCUT2D eigenvalue weighted by Gasteiger charge is -2.29. The van der Waals surface area contributed by atoms with Crippen LogP contribution >= 0.6 is 0 Å². The van der Waals surface area contributed by atoms with E-state index in [9.17, 15) is 26.9 Å². The summed E-state index contributed by atoms with van der Waals surface area (Å²) in [6, 6.07) is 3.12. The van der Waals surface area contributed by atoms with E-state index in [0.29, 0.717) is 5.56 Å². The molecule has 0 radical (unpaired) electrons. The number of sulfonamides is 1. The van der Waals surface area contributed by atoms with Crippen molar-refractivity contribution in [2.75, 3.05) is 18.1 Å². The smallest absolute Gasteiger partial charge is 0.258 e. The second kappa shape index (κ2) is 7.00. The first-order chi connectivity index (χ1) is 11.4. The van der Waals surface area contributed by atoms with Crippen molar-refractivity contribution in [2.24, 2.45) is 5.92 Å². The molecule has 1 heterocycles. The zero-order chi connectivity index (χ0) is 19.0. The molecule has 25 heavy (non-hydrogen) atoms. The number of nitro benzene ring substituents is 1. The third-order valence-electron chi connectivity index (χ3n) is 4.14. The predicted octanol–water partition coefficient (Wildman–Crippen LogP) is 1.74. The molecule has 10 heteroatoms. The molecule has 0 saturated carbocycles. The average molecular weight is 390 g/mol. The Balaban J connectivity index is 2.48. The van der Waals surface area contributed by atoms with Crippen LogP contribution in [0.1, 0.15) is 25.8 Å². The number of hydrogen-bond acceptors (Lipinski definition) is 6. The van der Waals surface area contributed by atoms with E-state index in [1.54, 1.807) is 0 Å². The topological polar surface area (TPSA) is 115 Å². The first kappa shape index (κ1) is 19.8. The zero-order valence-electron chi connectivity index (χ0n) is 14.4. The summed E-state index contributed by atoms with van der Waals surface area (Å²) in [6.07, 6.45) is 0.238. The van der Waals surface area contributed by atoms with E-state index in [2.05, 4.69) is 0 Å². The van der Waals surface area contributed by atoms with Crippen LogP contribution in [0.2, 0.25) is 0 Å². The molecule has 0 amide bonds. The van der Waals surface area contributed by atoms with E-state index in [4.69, 9.17) is 0 Å². The quantitative estimate of drug-likeness (QED) is 0.540. The Morgan fingerprint density at radius 1 is 1.36 bits per heavy atom. The number of nitrogens with zero attached hydrogens (tertiary/aromatic N) is 2. The average Bonchev–Trinajstić information content (AvgIpc) is 2.84. The van der Waals surface area contributed by atoms with Crippen LogP contribution in [0.5, 0.6) is 0 Å². The molecule has 0 N–H and O–H groups in total. The minimum atomic E-state index is -4.04. The molecule has 1 aromatic rings. The second-order valence-electron chi connectivity index (χ2n) is 6.73. The van der Waals surface area contributed by atoms with Crippen LogP contribution < -0.4 is 0 Å².